The number of benzene rings is 1. The third kappa shape index (κ3) is 7.26. The molecule has 1 aliphatic heterocycles. The van der Waals surface area contributed by atoms with Crippen LogP contribution in [0.15, 0.2) is 47.7 Å². The summed E-state index contributed by atoms with van der Waals surface area (Å²) < 4.78 is 11.4. The van der Waals surface area contributed by atoms with Crippen LogP contribution in [0.5, 0.6) is 11.5 Å². The number of rotatable bonds is 10. The first kappa shape index (κ1) is 23.6. The topological polar surface area (TPSA) is 87.1 Å². The van der Waals surface area contributed by atoms with E-state index < -0.39 is 0 Å². The van der Waals surface area contributed by atoms with Gasteiger partial charge in [-0.25, -0.2) is 15.0 Å². The Labute approximate surface area is 190 Å². The van der Waals surface area contributed by atoms with E-state index in [-0.39, 0.29) is 6.10 Å². The summed E-state index contributed by atoms with van der Waals surface area (Å²) in [6, 6.07) is 9.51. The van der Waals surface area contributed by atoms with E-state index in [1.807, 2.05) is 37.3 Å². The Morgan fingerprint density at radius 1 is 1.06 bits per heavy atom. The molecule has 2 aromatic rings. The molecule has 1 aromatic heterocycles. The number of anilines is 1. The van der Waals surface area contributed by atoms with Crippen LogP contribution in [-0.2, 0) is 0 Å². The zero-order chi connectivity index (χ0) is 22.6. The number of piperazine rings is 1. The summed E-state index contributed by atoms with van der Waals surface area (Å²) in [5.41, 5.74) is 0. The normalized spacial score (nSPS) is 15.8. The highest BCUT2D eigenvalue weighted by Crippen LogP contribution is 2.26. The second kappa shape index (κ2) is 12.7. The van der Waals surface area contributed by atoms with Gasteiger partial charge in [0.15, 0.2) is 17.5 Å². The number of ether oxygens (including phenoxy) is 2. The van der Waals surface area contributed by atoms with E-state index in [1.54, 1.807) is 19.5 Å². The van der Waals surface area contributed by atoms with Crippen molar-refractivity contribution in [2.24, 2.45) is 4.99 Å². The van der Waals surface area contributed by atoms with E-state index in [2.05, 4.69) is 42.3 Å². The fourth-order valence-electron chi connectivity index (χ4n) is 3.49. The Morgan fingerprint density at radius 2 is 1.78 bits per heavy atom. The lowest BCUT2D eigenvalue weighted by molar-refractivity contribution is 0.219. The van der Waals surface area contributed by atoms with Gasteiger partial charge in [-0.3, -0.25) is 4.90 Å². The van der Waals surface area contributed by atoms with Gasteiger partial charge >= 0.3 is 0 Å². The van der Waals surface area contributed by atoms with Gasteiger partial charge in [0.2, 0.25) is 5.95 Å². The van der Waals surface area contributed by atoms with Crippen molar-refractivity contribution in [3.63, 3.8) is 0 Å². The summed E-state index contributed by atoms with van der Waals surface area (Å²) in [6.07, 6.45) is 3.51. The Kier molecular flexibility index (Phi) is 9.37. The molecule has 1 fully saturated rings. The van der Waals surface area contributed by atoms with Crippen LogP contribution in [0.2, 0.25) is 0 Å². The fourth-order valence-corrected chi connectivity index (χ4v) is 3.49. The highest BCUT2D eigenvalue weighted by atomic mass is 16.5. The van der Waals surface area contributed by atoms with Gasteiger partial charge in [0.25, 0.3) is 0 Å². The highest BCUT2D eigenvalue weighted by Gasteiger charge is 2.18. The van der Waals surface area contributed by atoms with Crippen molar-refractivity contribution >= 4 is 11.9 Å². The van der Waals surface area contributed by atoms with Crippen molar-refractivity contribution in [2.75, 3.05) is 64.4 Å². The zero-order valence-corrected chi connectivity index (χ0v) is 19.3. The molecular formula is C23H35N7O2. The van der Waals surface area contributed by atoms with Gasteiger partial charge in [-0.2, -0.15) is 0 Å². The highest BCUT2D eigenvalue weighted by molar-refractivity contribution is 5.79. The molecule has 1 aliphatic rings. The molecule has 1 unspecified atom stereocenters. The Morgan fingerprint density at radius 3 is 2.47 bits per heavy atom. The van der Waals surface area contributed by atoms with Gasteiger partial charge in [-0.1, -0.05) is 12.1 Å². The molecule has 0 amide bonds. The van der Waals surface area contributed by atoms with Crippen LogP contribution in [-0.4, -0.2) is 86.4 Å². The largest absolute Gasteiger partial charge is 0.493 e. The predicted molar refractivity (Wildman–Crippen MR) is 128 cm³/mol. The molecule has 1 saturated heterocycles. The van der Waals surface area contributed by atoms with E-state index in [0.717, 1.165) is 69.2 Å². The number of hydrogen-bond donors (Lipinski definition) is 2. The summed E-state index contributed by atoms with van der Waals surface area (Å²) in [6.45, 7) is 11.1. The van der Waals surface area contributed by atoms with Gasteiger partial charge in [0, 0.05) is 58.2 Å². The zero-order valence-electron chi connectivity index (χ0n) is 19.3. The first-order chi connectivity index (χ1) is 15.7. The minimum absolute atomic E-state index is 0.0740. The summed E-state index contributed by atoms with van der Waals surface area (Å²) in [5.74, 6) is 3.08. The number of nitrogens with one attached hydrogen (secondary N) is 2. The van der Waals surface area contributed by atoms with Crippen LogP contribution in [0.3, 0.4) is 0 Å². The molecule has 3 rings (SSSR count). The van der Waals surface area contributed by atoms with Crippen molar-refractivity contribution in [1.82, 2.24) is 25.5 Å². The number of nitrogens with zero attached hydrogens (tertiary/aromatic N) is 5. The predicted octanol–water partition coefficient (Wildman–Crippen LogP) is 1.63. The monoisotopic (exact) mass is 441 g/mol. The maximum atomic E-state index is 6.00. The molecule has 0 bridgehead atoms. The molecule has 0 saturated carbocycles. The van der Waals surface area contributed by atoms with Crippen LogP contribution < -0.4 is 25.0 Å². The molecule has 2 heterocycles. The first-order valence-electron chi connectivity index (χ1n) is 11.3. The molecule has 9 heteroatoms. The number of aromatic nitrogens is 2. The van der Waals surface area contributed by atoms with Gasteiger partial charge in [-0.05, 0) is 32.0 Å². The maximum Gasteiger partial charge on any atom is 0.225 e. The van der Waals surface area contributed by atoms with Gasteiger partial charge in [0.05, 0.1) is 13.7 Å². The van der Waals surface area contributed by atoms with Gasteiger partial charge in [-0.15, -0.1) is 0 Å². The van der Waals surface area contributed by atoms with E-state index in [1.165, 1.54) is 0 Å². The van der Waals surface area contributed by atoms with E-state index >= 15 is 0 Å². The van der Waals surface area contributed by atoms with E-state index in [4.69, 9.17) is 9.47 Å². The lowest BCUT2D eigenvalue weighted by Crippen LogP contribution is -2.49. The third-order valence-corrected chi connectivity index (χ3v) is 5.18. The van der Waals surface area contributed by atoms with Crippen LogP contribution in [0.4, 0.5) is 5.95 Å². The SMILES string of the molecule is CCNC(=NCC(C)Oc1ccccc1OC)NCCN1CCN(c2ncccn2)CC1. The first-order valence-corrected chi connectivity index (χ1v) is 11.3. The van der Waals surface area contributed by atoms with Gasteiger partial charge in [0.1, 0.15) is 6.10 Å². The lowest BCUT2D eigenvalue weighted by atomic mass is 10.3. The van der Waals surface area contributed by atoms with Crippen molar-refractivity contribution in [3.05, 3.63) is 42.7 Å². The molecule has 1 aromatic carbocycles. The standard InChI is InChI=1S/C23H35N7O2/c1-4-24-22(28-18-19(2)32-21-9-6-5-8-20(21)31-3)25-12-13-29-14-16-30(17-15-29)23-26-10-7-11-27-23/h5-11,19H,4,12-18H2,1-3H3,(H2,24,25,28). The smallest absolute Gasteiger partial charge is 0.225 e. The molecule has 1 atom stereocenters. The fraction of sp³-hybridized carbons (Fsp3) is 0.522. The second-order valence-electron chi connectivity index (χ2n) is 7.60. The molecule has 0 aliphatic carbocycles. The van der Waals surface area contributed by atoms with E-state index in [9.17, 15) is 0 Å². The second-order valence-corrected chi connectivity index (χ2v) is 7.60. The number of methoxy groups -OCH3 is 1. The quantitative estimate of drug-likeness (QED) is 0.425. The van der Waals surface area contributed by atoms with Crippen LogP contribution in [0.1, 0.15) is 13.8 Å². The third-order valence-electron chi connectivity index (χ3n) is 5.18. The summed E-state index contributed by atoms with van der Waals surface area (Å²) in [7, 11) is 1.65. The number of para-hydroxylation sites is 2. The number of guanidine groups is 1. The minimum Gasteiger partial charge on any atom is -0.493 e. The minimum atomic E-state index is -0.0740. The Bertz CT molecular complexity index is 826. The molecule has 0 spiro atoms. The van der Waals surface area contributed by atoms with Crippen molar-refractivity contribution < 1.29 is 9.47 Å². The molecule has 32 heavy (non-hydrogen) atoms. The molecule has 9 nitrogen and oxygen atoms in total. The number of aliphatic imine (C=N–C) groups is 1. The van der Waals surface area contributed by atoms with Gasteiger partial charge < -0.3 is 25.0 Å². The maximum absolute atomic E-state index is 6.00. The average Bonchev–Trinajstić information content (AvgIpc) is 2.84. The summed E-state index contributed by atoms with van der Waals surface area (Å²) in [5, 5.41) is 6.74. The number of hydrogen-bond acceptors (Lipinski definition) is 7. The van der Waals surface area contributed by atoms with Crippen molar-refractivity contribution in [3.8, 4) is 11.5 Å². The van der Waals surface area contributed by atoms with Crippen LogP contribution >= 0.6 is 0 Å². The summed E-state index contributed by atoms with van der Waals surface area (Å²) >= 11 is 0. The average molecular weight is 442 g/mol. The van der Waals surface area contributed by atoms with Crippen molar-refractivity contribution in [1.29, 1.82) is 0 Å². The molecular weight excluding hydrogens is 406 g/mol. The Balaban J connectivity index is 1.40. The summed E-state index contributed by atoms with van der Waals surface area (Å²) in [4.78, 5) is 18.1. The van der Waals surface area contributed by atoms with E-state index in [0.29, 0.717) is 6.54 Å². The van der Waals surface area contributed by atoms with Crippen molar-refractivity contribution in [2.45, 2.75) is 20.0 Å². The lowest BCUT2D eigenvalue weighted by Gasteiger charge is -2.34. The molecule has 0 radical (unpaired) electrons. The van der Waals surface area contributed by atoms with Crippen LogP contribution in [0.25, 0.3) is 0 Å². The molecule has 2 N–H and O–H groups in total. The Hall–Kier alpha value is -3.07. The molecule has 174 valence electrons. The van der Waals surface area contributed by atoms with Crippen LogP contribution in [0, 0.1) is 0 Å².